The zero-order chi connectivity index (χ0) is 6.69. The van der Waals surface area contributed by atoms with Gasteiger partial charge in [0.25, 0.3) is 0 Å². The second kappa shape index (κ2) is 2.26. The summed E-state index contributed by atoms with van der Waals surface area (Å²) in [7, 11) is 0. The molecule has 0 radical (unpaired) electrons. The van der Waals surface area contributed by atoms with Gasteiger partial charge in [0.05, 0.1) is 0 Å². The van der Waals surface area contributed by atoms with Crippen LogP contribution in [0.3, 0.4) is 0 Å². The van der Waals surface area contributed by atoms with Gasteiger partial charge in [-0.25, -0.2) is 0 Å². The van der Waals surface area contributed by atoms with E-state index in [1.54, 1.807) is 12.2 Å². The maximum atomic E-state index is 10.6. The predicted molar refractivity (Wildman–Crippen MR) is 32.5 cm³/mol. The number of oxime groups is 1. The summed E-state index contributed by atoms with van der Waals surface area (Å²) in [4.78, 5) is 10.6. The van der Waals surface area contributed by atoms with Crippen molar-refractivity contribution in [2.45, 2.75) is 0 Å². The number of nitrogens with zero attached hydrogens (tertiary/aromatic N) is 1. The van der Waals surface area contributed by atoms with Crippen molar-refractivity contribution in [3.63, 3.8) is 0 Å². The third kappa shape index (κ3) is 1.05. The van der Waals surface area contributed by atoms with Crippen molar-refractivity contribution in [1.29, 1.82) is 0 Å². The van der Waals surface area contributed by atoms with Gasteiger partial charge in [-0.15, -0.1) is 0 Å². The van der Waals surface area contributed by atoms with Gasteiger partial charge >= 0.3 is 0 Å². The first kappa shape index (κ1) is 5.75. The Balaban J connectivity index is 2.91. The second-order valence-corrected chi connectivity index (χ2v) is 1.57. The standard InChI is InChI=1S/C6H5NO2/c8-6-4-2-1-3-5(6)7-9/h1-4,9H. The molecular formula is C6H5NO2. The highest BCUT2D eigenvalue weighted by molar-refractivity contribution is 6.48. The van der Waals surface area contributed by atoms with Gasteiger partial charge in [0.15, 0.2) is 0 Å². The van der Waals surface area contributed by atoms with E-state index in [2.05, 4.69) is 5.16 Å². The van der Waals surface area contributed by atoms with Gasteiger partial charge in [-0.2, -0.15) is 0 Å². The lowest BCUT2D eigenvalue weighted by molar-refractivity contribution is -0.108. The molecule has 1 N–H and O–H groups in total. The van der Waals surface area contributed by atoms with Crippen molar-refractivity contribution >= 4 is 11.5 Å². The number of ketones is 1. The van der Waals surface area contributed by atoms with Crippen LogP contribution in [-0.2, 0) is 4.79 Å². The molecule has 0 saturated heterocycles. The molecule has 46 valence electrons. The van der Waals surface area contributed by atoms with Crippen LogP contribution < -0.4 is 0 Å². The molecule has 0 fully saturated rings. The molecule has 0 heterocycles. The van der Waals surface area contributed by atoms with E-state index in [4.69, 9.17) is 5.21 Å². The largest absolute Gasteiger partial charge is 0.410 e. The molecule has 0 aromatic carbocycles. The first-order chi connectivity index (χ1) is 4.34. The van der Waals surface area contributed by atoms with Gasteiger partial charge < -0.3 is 5.21 Å². The van der Waals surface area contributed by atoms with Crippen LogP contribution >= 0.6 is 0 Å². The normalized spacial score (nSPS) is 21.3. The van der Waals surface area contributed by atoms with Crippen LogP contribution in [0.25, 0.3) is 0 Å². The fourth-order valence-electron chi connectivity index (χ4n) is 0.540. The lowest BCUT2D eigenvalue weighted by atomic mass is 10.1. The summed E-state index contributed by atoms with van der Waals surface area (Å²) < 4.78 is 0. The molecule has 3 heteroatoms. The van der Waals surface area contributed by atoms with E-state index in [-0.39, 0.29) is 11.5 Å². The van der Waals surface area contributed by atoms with Crippen molar-refractivity contribution in [2.75, 3.05) is 0 Å². The quantitative estimate of drug-likeness (QED) is 0.290. The number of rotatable bonds is 0. The Bertz CT molecular complexity index is 213. The molecule has 3 nitrogen and oxygen atoms in total. The number of carbonyl (C=O) groups excluding carboxylic acids is 1. The maximum absolute atomic E-state index is 10.6. The topological polar surface area (TPSA) is 49.7 Å². The first-order valence-corrected chi connectivity index (χ1v) is 2.46. The molecule has 0 unspecified atom stereocenters. The third-order valence-corrected chi connectivity index (χ3v) is 0.973. The number of allylic oxidation sites excluding steroid dienone is 4. The summed E-state index contributed by atoms with van der Waals surface area (Å²) in [6, 6.07) is 0. The highest BCUT2D eigenvalue weighted by Gasteiger charge is 2.05. The van der Waals surface area contributed by atoms with Crippen LogP contribution in [0.2, 0.25) is 0 Å². The molecule has 0 aromatic heterocycles. The molecule has 1 aliphatic rings. The summed E-state index contributed by atoms with van der Waals surface area (Å²) in [5, 5.41) is 10.9. The Morgan fingerprint density at radius 3 is 2.44 bits per heavy atom. The van der Waals surface area contributed by atoms with Gasteiger partial charge in [-0.05, 0) is 12.2 Å². The summed E-state index contributed by atoms with van der Waals surface area (Å²) >= 11 is 0. The van der Waals surface area contributed by atoms with E-state index in [9.17, 15) is 4.79 Å². The third-order valence-electron chi connectivity index (χ3n) is 0.973. The highest BCUT2D eigenvalue weighted by atomic mass is 16.4. The smallest absolute Gasteiger partial charge is 0.207 e. The number of hydrogen-bond donors (Lipinski definition) is 1. The maximum Gasteiger partial charge on any atom is 0.207 e. The Hall–Kier alpha value is -1.38. The fraction of sp³-hybridized carbons (Fsp3) is 0. The minimum atomic E-state index is -0.264. The average Bonchev–Trinajstić information content (AvgIpc) is 1.89. The van der Waals surface area contributed by atoms with Gasteiger partial charge in [0.2, 0.25) is 5.78 Å². The summed E-state index contributed by atoms with van der Waals surface area (Å²) in [5.74, 6) is -0.264. The first-order valence-electron chi connectivity index (χ1n) is 2.46. The SMILES string of the molecule is O=C1C=CC=CC1=NO. The minimum Gasteiger partial charge on any atom is -0.410 e. The van der Waals surface area contributed by atoms with E-state index in [1.807, 2.05) is 0 Å². The zero-order valence-electron chi connectivity index (χ0n) is 4.61. The lowest BCUT2D eigenvalue weighted by Gasteiger charge is -1.93. The Labute approximate surface area is 52.0 Å². The van der Waals surface area contributed by atoms with Crippen molar-refractivity contribution in [3.05, 3.63) is 24.3 Å². The fourth-order valence-corrected chi connectivity index (χ4v) is 0.540. The van der Waals surface area contributed by atoms with Crippen LogP contribution in [0.5, 0.6) is 0 Å². The summed E-state index contributed by atoms with van der Waals surface area (Å²) in [5.41, 5.74) is 0.0810. The zero-order valence-corrected chi connectivity index (χ0v) is 4.61. The van der Waals surface area contributed by atoms with Crippen LogP contribution in [0.4, 0.5) is 0 Å². The molecule has 0 bridgehead atoms. The monoisotopic (exact) mass is 123 g/mol. The van der Waals surface area contributed by atoms with Gasteiger partial charge in [-0.3, -0.25) is 4.79 Å². The lowest BCUT2D eigenvalue weighted by Crippen LogP contribution is -2.09. The summed E-state index contributed by atoms with van der Waals surface area (Å²) in [6.45, 7) is 0. The Morgan fingerprint density at radius 1 is 1.33 bits per heavy atom. The van der Waals surface area contributed by atoms with Gasteiger partial charge in [-0.1, -0.05) is 17.3 Å². The van der Waals surface area contributed by atoms with E-state index in [0.717, 1.165) is 0 Å². The van der Waals surface area contributed by atoms with Crippen LogP contribution in [-0.4, -0.2) is 16.7 Å². The van der Waals surface area contributed by atoms with Crippen molar-refractivity contribution < 1.29 is 10.0 Å². The molecule has 1 rings (SSSR count). The molecule has 0 aliphatic heterocycles. The molecule has 1 aliphatic carbocycles. The van der Waals surface area contributed by atoms with Crippen molar-refractivity contribution in [1.82, 2.24) is 0 Å². The molecular weight excluding hydrogens is 118 g/mol. The highest BCUT2D eigenvalue weighted by Crippen LogP contribution is 1.93. The average molecular weight is 123 g/mol. The number of carbonyl (C=O) groups is 1. The summed E-state index contributed by atoms with van der Waals surface area (Å²) in [6.07, 6.45) is 6.02. The Morgan fingerprint density at radius 2 is 2.00 bits per heavy atom. The van der Waals surface area contributed by atoms with Crippen LogP contribution in [0.1, 0.15) is 0 Å². The van der Waals surface area contributed by atoms with Crippen molar-refractivity contribution in [3.8, 4) is 0 Å². The number of hydrogen-bond acceptors (Lipinski definition) is 3. The molecule has 0 atom stereocenters. The van der Waals surface area contributed by atoms with Gasteiger partial charge in [0.1, 0.15) is 5.71 Å². The minimum absolute atomic E-state index is 0.0810. The second-order valence-electron chi connectivity index (χ2n) is 1.57. The van der Waals surface area contributed by atoms with Crippen molar-refractivity contribution in [2.24, 2.45) is 5.16 Å². The van der Waals surface area contributed by atoms with Crippen LogP contribution in [0, 0.1) is 0 Å². The molecule has 0 amide bonds. The predicted octanol–water partition coefficient (Wildman–Crippen LogP) is 0.512. The molecule has 0 aromatic rings. The van der Waals surface area contributed by atoms with Gasteiger partial charge in [0, 0.05) is 0 Å². The Kier molecular flexibility index (Phi) is 1.44. The van der Waals surface area contributed by atoms with E-state index in [0.29, 0.717) is 0 Å². The van der Waals surface area contributed by atoms with E-state index in [1.165, 1.54) is 12.2 Å². The molecule has 0 spiro atoms. The van der Waals surface area contributed by atoms with Crippen LogP contribution in [0.15, 0.2) is 29.5 Å². The molecule has 9 heavy (non-hydrogen) atoms. The van der Waals surface area contributed by atoms with E-state index < -0.39 is 0 Å². The molecule has 0 saturated carbocycles. The van der Waals surface area contributed by atoms with E-state index >= 15 is 0 Å².